The van der Waals surface area contributed by atoms with E-state index >= 15 is 0 Å². The van der Waals surface area contributed by atoms with Gasteiger partial charge in [0.1, 0.15) is 13.2 Å². The van der Waals surface area contributed by atoms with Crippen LogP contribution in [-0.2, 0) is 28.6 Å². The minimum absolute atomic E-state index is 0.101. The van der Waals surface area contributed by atoms with Crippen LogP contribution in [0, 0.1) is 0 Å². The molecular weight excluding hydrogens is 877 g/mol. The Morgan fingerprint density at radius 2 is 0.549 bits per heavy atom. The Bertz CT molecular complexity index is 1550. The Morgan fingerprint density at radius 3 is 0.915 bits per heavy atom. The zero-order valence-corrected chi connectivity index (χ0v) is 45.7. The molecule has 0 saturated carbocycles. The zero-order valence-electron chi connectivity index (χ0n) is 45.7. The topological polar surface area (TPSA) is 78.9 Å². The minimum atomic E-state index is -0.805. The number of allylic oxidation sites excluding steroid dienone is 22. The normalized spacial score (nSPS) is 13.1. The van der Waals surface area contributed by atoms with Crippen LogP contribution in [-0.4, -0.2) is 37.2 Å². The maximum Gasteiger partial charge on any atom is 0.306 e. The number of esters is 3. The highest BCUT2D eigenvalue weighted by Gasteiger charge is 2.19. The van der Waals surface area contributed by atoms with Crippen molar-refractivity contribution in [2.24, 2.45) is 0 Å². The minimum Gasteiger partial charge on any atom is -0.462 e. The number of hydrogen-bond acceptors (Lipinski definition) is 6. The first-order valence-electron chi connectivity index (χ1n) is 28.7. The van der Waals surface area contributed by atoms with Crippen molar-refractivity contribution in [3.63, 3.8) is 0 Å². The standard InChI is InChI=1S/C65H104O6/c1-4-7-10-13-16-18-20-22-24-26-28-29-30-31-32-33-34-35-37-38-40-42-44-46-49-52-55-58-64(67)70-61-62(60-69-63(66)57-54-51-48-15-12-9-6-3)71-65(68)59-56-53-50-47-45-43-41-39-36-27-25-23-21-19-17-14-11-8-5-2/h7,10,16-19,22-25,28-29,31-32,34-36,38-40,44,46,62H,4-6,8-9,11-15,20-21,26-27,30,33,37,41-43,45,47-61H2,1-3H3/b10-7-,18-16-,19-17-,24-22-,25-23-,29-28-,32-31-,35-34-,39-36-,40-38-,46-44-. The van der Waals surface area contributed by atoms with Crippen molar-refractivity contribution in [2.75, 3.05) is 13.2 Å². The Hall–Kier alpha value is -4.45. The SMILES string of the molecule is CC/C=C\C/C=C\C/C=C\C/C=C\C/C=C\C/C=C\C/C=C\C/C=C\CCCCC(=O)OCC(COC(=O)CCCCCCCCC)OC(=O)CCCCCCCC/C=C\C/C=C\C/C=C\CCCCC. The molecule has 6 heteroatoms. The molecule has 0 aliphatic carbocycles. The van der Waals surface area contributed by atoms with Gasteiger partial charge in [0.25, 0.3) is 0 Å². The molecule has 0 radical (unpaired) electrons. The summed E-state index contributed by atoms with van der Waals surface area (Å²) >= 11 is 0. The Balaban J connectivity index is 4.34. The van der Waals surface area contributed by atoms with Crippen LogP contribution in [0.3, 0.4) is 0 Å². The number of unbranched alkanes of at least 4 members (excludes halogenated alkanes) is 17. The highest BCUT2D eigenvalue weighted by atomic mass is 16.6. The summed E-state index contributed by atoms with van der Waals surface area (Å²) in [6.45, 7) is 6.39. The van der Waals surface area contributed by atoms with Crippen LogP contribution in [0.1, 0.15) is 239 Å². The van der Waals surface area contributed by atoms with Gasteiger partial charge in [-0.2, -0.15) is 0 Å². The van der Waals surface area contributed by atoms with Crippen LogP contribution in [0.5, 0.6) is 0 Å². The Morgan fingerprint density at radius 1 is 0.296 bits per heavy atom. The summed E-state index contributed by atoms with van der Waals surface area (Å²) < 4.78 is 16.7. The molecule has 1 atom stereocenters. The van der Waals surface area contributed by atoms with E-state index in [-0.39, 0.29) is 31.1 Å². The van der Waals surface area contributed by atoms with E-state index in [9.17, 15) is 14.4 Å². The van der Waals surface area contributed by atoms with Gasteiger partial charge in [-0.3, -0.25) is 14.4 Å². The molecule has 0 rings (SSSR count). The third-order valence-corrected chi connectivity index (χ3v) is 11.6. The second kappa shape index (κ2) is 58.1. The molecule has 0 aromatic carbocycles. The predicted octanol–water partition coefficient (Wildman–Crippen LogP) is 19.4. The summed E-state index contributed by atoms with van der Waals surface area (Å²) in [5, 5.41) is 0. The Kier molecular flexibility index (Phi) is 54.5. The molecule has 0 bridgehead atoms. The monoisotopic (exact) mass is 981 g/mol. The van der Waals surface area contributed by atoms with Crippen molar-refractivity contribution < 1.29 is 28.6 Å². The predicted molar refractivity (Wildman–Crippen MR) is 306 cm³/mol. The molecule has 0 spiro atoms. The van der Waals surface area contributed by atoms with Gasteiger partial charge in [0.15, 0.2) is 6.10 Å². The molecule has 6 nitrogen and oxygen atoms in total. The van der Waals surface area contributed by atoms with E-state index in [0.717, 1.165) is 128 Å². The second-order valence-electron chi connectivity index (χ2n) is 18.5. The highest BCUT2D eigenvalue weighted by molar-refractivity contribution is 5.71. The lowest BCUT2D eigenvalue weighted by atomic mass is 10.1. The molecule has 1 unspecified atom stereocenters. The molecule has 0 amide bonds. The van der Waals surface area contributed by atoms with Crippen molar-refractivity contribution in [3.8, 4) is 0 Å². The van der Waals surface area contributed by atoms with Gasteiger partial charge in [0.2, 0.25) is 0 Å². The summed E-state index contributed by atoms with van der Waals surface area (Å²) in [5.74, 6) is -0.972. The van der Waals surface area contributed by atoms with E-state index in [2.05, 4.69) is 154 Å². The molecule has 0 fully saturated rings. The largest absolute Gasteiger partial charge is 0.462 e. The molecule has 71 heavy (non-hydrogen) atoms. The summed E-state index contributed by atoms with van der Waals surface area (Å²) in [5.41, 5.74) is 0. The lowest BCUT2D eigenvalue weighted by molar-refractivity contribution is -0.167. The lowest BCUT2D eigenvalue weighted by Crippen LogP contribution is -2.30. The van der Waals surface area contributed by atoms with Gasteiger partial charge in [-0.1, -0.05) is 231 Å². The number of carbonyl (C=O) groups is 3. The molecule has 0 aromatic rings. The maximum atomic E-state index is 12.8. The zero-order chi connectivity index (χ0) is 51.4. The summed E-state index contributed by atoms with van der Waals surface area (Å²) in [6.07, 6.45) is 81.8. The highest BCUT2D eigenvalue weighted by Crippen LogP contribution is 2.13. The summed E-state index contributed by atoms with van der Waals surface area (Å²) in [7, 11) is 0. The van der Waals surface area contributed by atoms with Gasteiger partial charge >= 0.3 is 17.9 Å². The molecule has 400 valence electrons. The molecule has 0 heterocycles. The molecular formula is C65H104O6. The average Bonchev–Trinajstić information content (AvgIpc) is 3.37. The van der Waals surface area contributed by atoms with Crippen molar-refractivity contribution in [1.29, 1.82) is 0 Å². The van der Waals surface area contributed by atoms with Gasteiger partial charge < -0.3 is 14.2 Å². The fourth-order valence-corrected chi connectivity index (χ4v) is 7.35. The van der Waals surface area contributed by atoms with Crippen LogP contribution >= 0.6 is 0 Å². The van der Waals surface area contributed by atoms with E-state index in [1.54, 1.807) is 0 Å². The molecule has 0 aliphatic rings. The average molecular weight is 982 g/mol. The molecule has 0 N–H and O–H groups in total. The van der Waals surface area contributed by atoms with Crippen molar-refractivity contribution in [1.82, 2.24) is 0 Å². The third kappa shape index (κ3) is 56.3. The lowest BCUT2D eigenvalue weighted by Gasteiger charge is -2.18. The first kappa shape index (κ1) is 66.6. The first-order chi connectivity index (χ1) is 35.0. The number of ether oxygens (including phenoxy) is 3. The van der Waals surface area contributed by atoms with E-state index in [4.69, 9.17) is 14.2 Å². The number of rotatable bonds is 50. The van der Waals surface area contributed by atoms with Crippen LogP contribution in [0.4, 0.5) is 0 Å². The van der Waals surface area contributed by atoms with Crippen LogP contribution in [0.15, 0.2) is 134 Å². The van der Waals surface area contributed by atoms with E-state index in [1.807, 2.05) is 0 Å². The van der Waals surface area contributed by atoms with E-state index in [1.165, 1.54) is 64.2 Å². The fourth-order valence-electron chi connectivity index (χ4n) is 7.35. The van der Waals surface area contributed by atoms with Crippen molar-refractivity contribution >= 4 is 17.9 Å². The third-order valence-electron chi connectivity index (χ3n) is 11.6. The van der Waals surface area contributed by atoms with Gasteiger partial charge in [-0.05, 0) is 122 Å². The van der Waals surface area contributed by atoms with Gasteiger partial charge in [0.05, 0.1) is 0 Å². The summed E-state index contributed by atoms with van der Waals surface area (Å²) in [4.78, 5) is 37.9. The Labute approximate surface area is 436 Å². The maximum absolute atomic E-state index is 12.8. The number of hydrogen-bond donors (Lipinski definition) is 0. The molecule has 0 aromatic heterocycles. The van der Waals surface area contributed by atoms with Crippen LogP contribution < -0.4 is 0 Å². The van der Waals surface area contributed by atoms with Crippen LogP contribution in [0.25, 0.3) is 0 Å². The smallest absolute Gasteiger partial charge is 0.306 e. The van der Waals surface area contributed by atoms with Crippen molar-refractivity contribution in [2.45, 2.75) is 245 Å². The van der Waals surface area contributed by atoms with E-state index in [0.29, 0.717) is 25.7 Å². The van der Waals surface area contributed by atoms with Gasteiger partial charge in [0, 0.05) is 19.3 Å². The fraction of sp³-hybridized carbons (Fsp3) is 0.615. The molecule has 0 aliphatic heterocycles. The van der Waals surface area contributed by atoms with Crippen molar-refractivity contribution in [3.05, 3.63) is 134 Å². The summed E-state index contributed by atoms with van der Waals surface area (Å²) in [6, 6.07) is 0. The van der Waals surface area contributed by atoms with Gasteiger partial charge in [-0.25, -0.2) is 0 Å². The van der Waals surface area contributed by atoms with E-state index < -0.39 is 6.10 Å². The van der Waals surface area contributed by atoms with Crippen LogP contribution in [0.2, 0.25) is 0 Å². The number of carbonyl (C=O) groups excluding carboxylic acids is 3. The first-order valence-corrected chi connectivity index (χ1v) is 28.7. The quantitative estimate of drug-likeness (QED) is 0.0262. The van der Waals surface area contributed by atoms with Gasteiger partial charge in [-0.15, -0.1) is 0 Å². The molecule has 0 saturated heterocycles. The second-order valence-corrected chi connectivity index (χ2v) is 18.5.